The van der Waals surface area contributed by atoms with E-state index in [9.17, 15) is 13.2 Å². The molecule has 0 atom stereocenters. The summed E-state index contributed by atoms with van der Waals surface area (Å²) >= 11 is 2.77. The first-order valence-electron chi connectivity index (χ1n) is 5.15. The zero-order valence-corrected chi connectivity index (χ0v) is 12.2. The Balaban J connectivity index is 2.58. The zero-order chi connectivity index (χ0) is 12.9. The van der Waals surface area contributed by atoms with Crippen molar-refractivity contribution >= 4 is 39.0 Å². The Bertz CT molecular complexity index is 479. The van der Waals surface area contributed by atoms with Crippen molar-refractivity contribution in [2.45, 2.75) is 24.5 Å². The maximum atomic E-state index is 11.8. The number of nitrogens with one attached hydrogen (secondary N) is 1. The van der Waals surface area contributed by atoms with Crippen LogP contribution in [0.15, 0.2) is 16.3 Å². The summed E-state index contributed by atoms with van der Waals surface area (Å²) in [5.74, 6) is 1.11. The van der Waals surface area contributed by atoms with Gasteiger partial charge in [0.1, 0.15) is 4.21 Å². The van der Waals surface area contributed by atoms with E-state index in [1.165, 1.54) is 6.07 Å². The first kappa shape index (κ1) is 14.5. The van der Waals surface area contributed by atoms with Crippen LogP contribution in [0, 0.1) is 6.92 Å². The Morgan fingerprint density at radius 1 is 1.47 bits per heavy atom. The SMILES string of the molecule is CCSCCC(=O)NS(=O)(=O)c1ccc(C)s1. The average Bonchev–Trinajstić information content (AvgIpc) is 2.65. The number of rotatable bonds is 6. The van der Waals surface area contributed by atoms with Gasteiger partial charge in [0.05, 0.1) is 0 Å². The molecular weight excluding hydrogens is 278 g/mol. The van der Waals surface area contributed by atoms with E-state index in [0.717, 1.165) is 22.0 Å². The largest absolute Gasteiger partial charge is 0.274 e. The molecule has 96 valence electrons. The summed E-state index contributed by atoms with van der Waals surface area (Å²) in [7, 11) is -3.67. The third kappa shape index (κ3) is 4.69. The number of thioether (sulfide) groups is 1. The fourth-order valence-electron chi connectivity index (χ4n) is 1.12. The second kappa shape index (κ2) is 6.42. The molecule has 1 aromatic rings. The molecule has 17 heavy (non-hydrogen) atoms. The lowest BCUT2D eigenvalue weighted by Gasteiger charge is -2.04. The monoisotopic (exact) mass is 293 g/mol. The van der Waals surface area contributed by atoms with E-state index in [1.54, 1.807) is 17.8 Å². The zero-order valence-electron chi connectivity index (χ0n) is 9.73. The van der Waals surface area contributed by atoms with Crippen LogP contribution in [0.25, 0.3) is 0 Å². The Kier molecular flexibility index (Phi) is 5.48. The van der Waals surface area contributed by atoms with E-state index in [1.807, 2.05) is 13.8 Å². The number of sulfonamides is 1. The minimum atomic E-state index is -3.67. The van der Waals surface area contributed by atoms with Crippen molar-refractivity contribution in [1.82, 2.24) is 4.72 Å². The van der Waals surface area contributed by atoms with Gasteiger partial charge in [-0.05, 0) is 24.8 Å². The number of aryl methyl sites for hydroxylation is 1. The molecule has 7 heteroatoms. The van der Waals surface area contributed by atoms with Crippen LogP contribution in [0.4, 0.5) is 0 Å². The molecule has 0 aliphatic rings. The van der Waals surface area contributed by atoms with Crippen LogP contribution in [0.1, 0.15) is 18.2 Å². The number of thiophene rings is 1. The summed E-state index contributed by atoms with van der Waals surface area (Å²) in [4.78, 5) is 12.3. The summed E-state index contributed by atoms with van der Waals surface area (Å²) in [6.45, 7) is 3.82. The summed E-state index contributed by atoms with van der Waals surface area (Å²) in [6, 6.07) is 3.23. The van der Waals surface area contributed by atoms with Gasteiger partial charge < -0.3 is 0 Å². The highest BCUT2D eigenvalue weighted by Crippen LogP contribution is 2.20. The van der Waals surface area contributed by atoms with Crippen molar-refractivity contribution in [1.29, 1.82) is 0 Å². The molecule has 0 saturated carbocycles. The van der Waals surface area contributed by atoms with Crippen LogP contribution in [-0.4, -0.2) is 25.8 Å². The predicted octanol–water partition coefficient (Wildman–Crippen LogP) is 2.00. The standard InChI is InChI=1S/C10H15NO3S3/c1-3-15-7-6-9(12)11-17(13,14)10-5-4-8(2)16-10/h4-5H,3,6-7H2,1-2H3,(H,11,12). The van der Waals surface area contributed by atoms with Crippen LogP contribution in [0.3, 0.4) is 0 Å². The van der Waals surface area contributed by atoms with Gasteiger partial charge in [0.2, 0.25) is 5.91 Å². The van der Waals surface area contributed by atoms with E-state index in [0.29, 0.717) is 5.75 Å². The number of hydrogen-bond donors (Lipinski definition) is 1. The molecule has 0 fully saturated rings. The highest BCUT2D eigenvalue weighted by Gasteiger charge is 2.18. The molecule has 1 N–H and O–H groups in total. The number of hydrogen-bond acceptors (Lipinski definition) is 5. The number of carbonyl (C=O) groups is 1. The van der Waals surface area contributed by atoms with Gasteiger partial charge in [-0.2, -0.15) is 11.8 Å². The van der Waals surface area contributed by atoms with Gasteiger partial charge >= 0.3 is 0 Å². The lowest BCUT2D eigenvalue weighted by atomic mass is 10.5. The van der Waals surface area contributed by atoms with Gasteiger partial charge in [-0.3, -0.25) is 4.79 Å². The molecule has 1 aromatic heterocycles. The number of carbonyl (C=O) groups excluding carboxylic acids is 1. The summed E-state index contributed by atoms with van der Waals surface area (Å²) in [6.07, 6.45) is 0.224. The molecule has 0 aliphatic heterocycles. The lowest BCUT2D eigenvalue weighted by molar-refractivity contribution is -0.118. The van der Waals surface area contributed by atoms with E-state index >= 15 is 0 Å². The average molecular weight is 293 g/mol. The fraction of sp³-hybridized carbons (Fsp3) is 0.500. The number of amides is 1. The van der Waals surface area contributed by atoms with Crippen LogP contribution >= 0.6 is 23.1 Å². The molecule has 0 radical (unpaired) electrons. The molecule has 1 heterocycles. The Hall–Kier alpha value is -0.530. The smallest absolute Gasteiger partial charge is 0.273 e. The van der Waals surface area contributed by atoms with Crippen LogP contribution in [0.5, 0.6) is 0 Å². The minimum Gasteiger partial charge on any atom is -0.274 e. The van der Waals surface area contributed by atoms with Gasteiger partial charge in [-0.25, -0.2) is 13.1 Å². The minimum absolute atomic E-state index is 0.187. The third-order valence-corrected chi connectivity index (χ3v) is 5.67. The van der Waals surface area contributed by atoms with Crippen LogP contribution in [0.2, 0.25) is 0 Å². The molecule has 1 amide bonds. The highest BCUT2D eigenvalue weighted by molar-refractivity contribution is 7.99. The van der Waals surface area contributed by atoms with E-state index in [4.69, 9.17) is 0 Å². The Labute approximate surface area is 110 Å². The lowest BCUT2D eigenvalue weighted by Crippen LogP contribution is -2.30. The van der Waals surface area contributed by atoms with Crippen molar-refractivity contribution in [2.75, 3.05) is 11.5 Å². The Morgan fingerprint density at radius 3 is 2.71 bits per heavy atom. The predicted molar refractivity (Wildman–Crippen MR) is 72.0 cm³/mol. The first-order valence-corrected chi connectivity index (χ1v) is 8.61. The van der Waals surface area contributed by atoms with E-state index < -0.39 is 15.9 Å². The van der Waals surface area contributed by atoms with E-state index in [2.05, 4.69) is 4.72 Å². The van der Waals surface area contributed by atoms with Gasteiger partial charge in [-0.15, -0.1) is 11.3 Å². The second-order valence-electron chi connectivity index (χ2n) is 3.34. The molecule has 0 bridgehead atoms. The van der Waals surface area contributed by atoms with Crippen molar-refractivity contribution in [3.05, 3.63) is 17.0 Å². The van der Waals surface area contributed by atoms with Crippen molar-refractivity contribution in [2.24, 2.45) is 0 Å². The maximum absolute atomic E-state index is 11.8. The normalized spacial score (nSPS) is 11.4. The van der Waals surface area contributed by atoms with Crippen molar-refractivity contribution < 1.29 is 13.2 Å². The Morgan fingerprint density at radius 2 is 2.18 bits per heavy atom. The molecule has 1 rings (SSSR count). The molecule has 4 nitrogen and oxygen atoms in total. The maximum Gasteiger partial charge on any atom is 0.273 e. The first-order chi connectivity index (χ1) is 7.95. The third-order valence-electron chi connectivity index (χ3n) is 1.91. The molecule has 0 unspecified atom stereocenters. The van der Waals surface area contributed by atoms with Gasteiger partial charge in [-0.1, -0.05) is 6.92 Å². The van der Waals surface area contributed by atoms with Crippen LogP contribution in [-0.2, 0) is 14.8 Å². The molecule has 0 saturated heterocycles. The molecule has 0 aliphatic carbocycles. The van der Waals surface area contributed by atoms with Crippen molar-refractivity contribution in [3.8, 4) is 0 Å². The summed E-state index contributed by atoms with van der Waals surface area (Å²) in [5, 5.41) is 0. The van der Waals surface area contributed by atoms with Crippen LogP contribution < -0.4 is 4.72 Å². The molecular formula is C10H15NO3S3. The fourth-order valence-corrected chi connectivity index (χ4v) is 4.03. The van der Waals surface area contributed by atoms with Gasteiger partial charge in [0.15, 0.2) is 0 Å². The quantitative estimate of drug-likeness (QED) is 0.815. The van der Waals surface area contributed by atoms with Crippen molar-refractivity contribution in [3.63, 3.8) is 0 Å². The highest BCUT2D eigenvalue weighted by atomic mass is 32.2. The molecule has 0 aromatic carbocycles. The molecule has 0 spiro atoms. The second-order valence-corrected chi connectivity index (χ2v) is 7.93. The topological polar surface area (TPSA) is 63.2 Å². The summed E-state index contributed by atoms with van der Waals surface area (Å²) in [5.41, 5.74) is 0. The summed E-state index contributed by atoms with van der Waals surface area (Å²) < 4.78 is 25.8. The van der Waals surface area contributed by atoms with Gasteiger partial charge in [0.25, 0.3) is 10.0 Å². The van der Waals surface area contributed by atoms with Gasteiger partial charge in [0, 0.05) is 17.1 Å². The van der Waals surface area contributed by atoms with E-state index in [-0.39, 0.29) is 10.6 Å².